The van der Waals surface area contributed by atoms with E-state index in [-0.39, 0.29) is 5.91 Å². The quantitative estimate of drug-likeness (QED) is 0.760. The number of benzene rings is 2. The molecule has 0 saturated heterocycles. The maximum Gasteiger partial charge on any atom is 0.255 e. The third-order valence-corrected chi connectivity index (χ3v) is 4.20. The lowest BCUT2D eigenvalue weighted by Crippen LogP contribution is -2.12. The Kier molecular flexibility index (Phi) is 5.51. The fourth-order valence-electron chi connectivity index (χ4n) is 1.69. The molecule has 1 amide bonds. The minimum atomic E-state index is -0.265. The first-order valence-corrected chi connectivity index (χ1v) is 7.75. The van der Waals surface area contributed by atoms with Gasteiger partial charge in [0.2, 0.25) is 0 Å². The Bertz CT molecular complexity index is 677. The molecule has 0 fully saturated rings. The van der Waals surface area contributed by atoms with E-state index in [1.807, 2.05) is 6.92 Å². The van der Waals surface area contributed by atoms with Crippen molar-refractivity contribution in [1.29, 1.82) is 0 Å². The minimum Gasteiger partial charge on any atom is -0.492 e. The number of anilines is 1. The third kappa shape index (κ3) is 4.13. The van der Waals surface area contributed by atoms with Crippen LogP contribution in [0, 0.1) is 0 Å². The highest BCUT2D eigenvalue weighted by molar-refractivity contribution is 9.10. The van der Waals surface area contributed by atoms with Crippen LogP contribution >= 0.6 is 39.1 Å². The predicted octanol–water partition coefficient (Wildman–Crippen LogP) is 5.41. The van der Waals surface area contributed by atoms with Gasteiger partial charge in [-0.3, -0.25) is 4.79 Å². The van der Waals surface area contributed by atoms with E-state index < -0.39 is 0 Å². The highest BCUT2D eigenvalue weighted by atomic mass is 79.9. The first kappa shape index (κ1) is 16.1. The lowest BCUT2D eigenvalue weighted by molar-refractivity contribution is 0.102. The molecule has 110 valence electrons. The van der Waals surface area contributed by atoms with Crippen molar-refractivity contribution in [1.82, 2.24) is 0 Å². The van der Waals surface area contributed by atoms with Gasteiger partial charge in [0.15, 0.2) is 0 Å². The molecule has 21 heavy (non-hydrogen) atoms. The number of ether oxygens (including phenoxy) is 1. The molecule has 0 saturated carbocycles. The summed E-state index contributed by atoms with van der Waals surface area (Å²) in [7, 11) is 0. The molecule has 6 heteroatoms. The van der Waals surface area contributed by atoms with Gasteiger partial charge in [-0.1, -0.05) is 23.2 Å². The Morgan fingerprint density at radius 1 is 1.19 bits per heavy atom. The maximum atomic E-state index is 12.2. The zero-order valence-corrected chi connectivity index (χ0v) is 14.2. The van der Waals surface area contributed by atoms with E-state index in [4.69, 9.17) is 27.9 Å². The molecule has 0 heterocycles. The largest absolute Gasteiger partial charge is 0.492 e. The van der Waals surface area contributed by atoms with Crippen molar-refractivity contribution in [2.45, 2.75) is 6.92 Å². The van der Waals surface area contributed by atoms with Crippen LogP contribution in [0.25, 0.3) is 0 Å². The summed E-state index contributed by atoms with van der Waals surface area (Å²) in [4.78, 5) is 12.2. The van der Waals surface area contributed by atoms with Gasteiger partial charge in [-0.05, 0) is 59.3 Å². The third-order valence-electron chi connectivity index (χ3n) is 2.67. The Balaban J connectivity index is 2.16. The molecule has 0 aliphatic carbocycles. The highest BCUT2D eigenvalue weighted by Crippen LogP contribution is 2.27. The Hall–Kier alpha value is -1.23. The van der Waals surface area contributed by atoms with Gasteiger partial charge >= 0.3 is 0 Å². The van der Waals surface area contributed by atoms with Crippen molar-refractivity contribution in [3.63, 3.8) is 0 Å². The van der Waals surface area contributed by atoms with Gasteiger partial charge in [0.1, 0.15) is 5.75 Å². The molecule has 0 unspecified atom stereocenters. The van der Waals surface area contributed by atoms with E-state index in [0.717, 1.165) is 4.47 Å². The molecule has 1 N–H and O–H groups in total. The van der Waals surface area contributed by atoms with Gasteiger partial charge < -0.3 is 10.1 Å². The van der Waals surface area contributed by atoms with Gasteiger partial charge in [-0.2, -0.15) is 0 Å². The van der Waals surface area contributed by atoms with Crippen LogP contribution in [0.1, 0.15) is 17.3 Å². The molecular formula is C15H12BrCl2NO2. The molecule has 2 aromatic carbocycles. The number of hydrogen-bond acceptors (Lipinski definition) is 2. The average molecular weight is 389 g/mol. The number of carbonyl (C=O) groups excluding carboxylic acids is 1. The number of halogens is 3. The molecule has 2 aromatic rings. The van der Waals surface area contributed by atoms with E-state index in [9.17, 15) is 4.79 Å². The average Bonchev–Trinajstić information content (AvgIpc) is 2.45. The van der Waals surface area contributed by atoms with Crippen LogP contribution in [0.4, 0.5) is 5.69 Å². The topological polar surface area (TPSA) is 38.3 Å². The van der Waals surface area contributed by atoms with Gasteiger partial charge in [0, 0.05) is 15.7 Å². The molecule has 0 radical (unpaired) electrons. The first-order chi connectivity index (χ1) is 10.0. The Morgan fingerprint density at radius 2 is 1.95 bits per heavy atom. The van der Waals surface area contributed by atoms with E-state index in [2.05, 4.69) is 21.2 Å². The molecule has 0 aromatic heterocycles. The Morgan fingerprint density at radius 3 is 2.57 bits per heavy atom. The molecular weight excluding hydrogens is 377 g/mol. The van der Waals surface area contributed by atoms with Crippen LogP contribution in [0.2, 0.25) is 10.0 Å². The standard InChI is InChI=1S/C15H12BrCl2NO2/c1-2-21-14-6-3-9(7-13(14)18)15(20)19-10-4-5-11(16)12(17)8-10/h3-8H,2H2,1H3,(H,19,20). The van der Waals surface area contributed by atoms with Crippen molar-refractivity contribution in [2.75, 3.05) is 11.9 Å². The first-order valence-electron chi connectivity index (χ1n) is 6.20. The normalized spacial score (nSPS) is 10.3. The number of nitrogens with one attached hydrogen (secondary N) is 1. The van der Waals surface area contributed by atoms with Crippen molar-refractivity contribution in [3.8, 4) is 5.75 Å². The molecule has 2 rings (SSSR count). The van der Waals surface area contributed by atoms with Crippen molar-refractivity contribution >= 4 is 50.7 Å². The molecule has 0 bridgehead atoms. The zero-order valence-electron chi connectivity index (χ0n) is 11.1. The molecule has 0 aliphatic heterocycles. The lowest BCUT2D eigenvalue weighted by Gasteiger charge is -2.09. The predicted molar refractivity (Wildman–Crippen MR) is 89.7 cm³/mol. The van der Waals surface area contributed by atoms with Crippen LogP contribution in [0.15, 0.2) is 40.9 Å². The molecule has 0 aliphatic rings. The number of rotatable bonds is 4. The van der Waals surface area contributed by atoms with Crippen LogP contribution in [-0.4, -0.2) is 12.5 Å². The molecule has 0 spiro atoms. The molecule has 3 nitrogen and oxygen atoms in total. The summed E-state index contributed by atoms with van der Waals surface area (Å²) in [6.07, 6.45) is 0. The van der Waals surface area contributed by atoms with Crippen LogP contribution in [-0.2, 0) is 0 Å². The summed E-state index contributed by atoms with van der Waals surface area (Å²) < 4.78 is 6.10. The second-order valence-electron chi connectivity index (χ2n) is 4.16. The summed E-state index contributed by atoms with van der Waals surface area (Å²) in [5, 5.41) is 3.69. The minimum absolute atomic E-state index is 0.265. The summed E-state index contributed by atoms with van der Waals surface area (Å²) in [5.74, 6) is 0.292. The second-order valence-corrected chi connectivity index (χ2v) is 5.83. The van der Waals surface area contributed by atoms with E-state index in [0.29, 0.717) is 33.7 Å². The van der Waals surface area contributed by atoms with Gasteiger partial charge in [0.25, 0.3) is 5.91 Å². The number of amides is 1. The number of carbonyl (C=O) groups is 1. The maximum absolute atomic E-state index is 12.2. The SMILES string of the molecule is CCOc1ccc(C(=O)Nc2ccc(Br)c(Cl)c2)cc1Cl. The van der Waals surface area contributed by atoms with Crippen molar-refractivity contribution in [2.24, 2.45) is 0 Å². The summed E-state index contributed by atoms with van der Waals surface area (Å²) in [5.41, 5.74) is 1.06. The number of hydrogen-bond donors (Lipinski definition) is 1. The Labute approximate surface area is 141 Å². The van der Waals surface area contributed by atoms with Gasteiger partial charge in [0.05, 0.1) is 16.7 Å². The van der Waals surface area contributed by atoms with Gasteiger partial charge in [-0.15, -0.1) is 0 Å². The van der Waals surface area contributed by atoms with Crippen LogP contribution in [0.5, 0.6) is 5.75 Å². The van der Waals surface area contributed by atoms with Crippen LogP contribution in [0.3, 0.4) is 0 Å². The molecule has 0 atom stereocenters. The van der Waals surface area contributed by atoms with Crippen molar-refractivity contribution < 1.29 is 9.53 Å². The highest BCUT2D eigenvalue weighted by Gasteiger charge is 2.10. The smallest absolute Gasteiger partial charge is 0.255 e. The van der Waals surface area contributed by atoms with E-state index >= 15 is 0 Å². The van der Waals surface area contributed by atoms with E-state index in [1.165, 1.54) is 0 Å². The fourth-order valence-corrected chi connectivity index (χ4v) is 2.35. The van der Waals surface area contributed by atoms with Gasteiger partial charge in [-0.25, -0.2) is 0 Å². The fraction of sp³-hybridized carbons (Fsp3) is 0.133. The summed E-state index contributed by atoms with van der Waals surface area (Å²) in [6, 6.07) is 10.1. The van der Waals surface area contributed by atoms with E-state index in [1.54, 1.807) is 36.4 Å². The zero-order chi connectivity index (χ0) is 15.4. The van der Waals surface area contributed by atoms with Crippen LogP contribution < -0.4 is 10.1 Å². The second kappa shape index (κ2) is 7.16. The van der Waals surface area contributed by atoms with Crippen molar-refractivity contribution in [3.05, 3.63) is 56.5 Å². The summed E-state index contributed by atoms with van der Waals surface area (Å²) in [6.45, 7) is 2.39. The monoisotopic (exact) mass is 387 g/mol. The lowest BCUT2D eigenvalue weighted by atomic mass is 10.2. The summed E-state index contributed by atoms with van der Waals surface area (Å²) >= 11 is 15.4.